The van der Waals surface area contributed by atoms with Crippen LogP contribution >= 0.6 is 15.9 Å². The van der Waals surface area contributed by atoms with Crippen LogP contribution in [0.2, 0.25) is 0 Å². The van der Waals surface area contributed by atoms with E-state index in [4.69, 9.17) is 0 Å². The molecule has 0 saturated carbocycles. The Kier molecular flexibility index (Phi) is 3.98. The number of likely N-dealkylation sites (tertiary alicyclic amines) is 1. The summed E-state index contributed by atoms with van der Waals surface area (Å²) in [4.78, 5) is 35.2. The van der Waals surface area contributed by atoms with Crippen molar-refractivity contribution in [2.24, 2.45) is 0 Å². The maximum atomic E-state index is 11.9. The fraction of sp³-hybridized carbons (Fsp3) is 0.455. The van der Waals surface area contributed by atoms with E-state index in [-0.39, 0.29) is 12.6 Å². The highest BCUT2D eigenvalue weighted by molar-refractivity contribution is 9.10. The minimum atomic E-state index is -0.721. The molecule has 0 bridgehead atoms. The summed E-state index contributed by atoms with van der Waals surface area (Å²) in [5, 5.41) is 10.8. The van der Waals surface area contributed by atoms with Gasteiger partial charge in [-0.05, 0) is 28.8 Å². The summed E-state index contributed by atoms with van der Waals surface area (Å²) in [6, 6.07) is 1.16. The number of halogens is 1. The molecule has 1 aliphatic heterocycles. The van der Waals surface area contributed by atoms with Gasteiger partial charge < -0.3 is 4.90 Å². The van der Waals surface area contributed by atoms with Crippen molar-refractivity contribution >= 4 is 27.5 Å². The van der Waals surface area contributed by atoms with Gasteiger partial charge in [-0.15, -0.1) is 0 Å². The summed E-state index contributed by atoms with van der Waals surface area (Å²) in [6.07, 6.45) is 3.65. The third kappa shape index (κ3) is 3.01. The highest BCUT2D eigenvalue weighted by Gasteiger charge is 2.21. The van der Waals surface area contributed by atoms with E-state index in [1.54, 1.807) is 4.90 Å². The number of rotatable bonds is 3. The molecule has 1 aromatic rings. The minimum Gasteiger partial charge on any atom is -0.324 e. The van der Waals surface area contributed by atoms with Crippen LogP contribution in [0.4, 0.5) is 5.69 Å². The van der Waals surface area contributed by atoms with Crippen molar-refractivity contribution in [2.45, 2.75) is 25.9 Å². The van der Waals surface area contributed by atoms with E-state index >= 15 is 0 Å². The number of piperidine rings is 1. The van der Waals surface area contributed by atoms with Crippen molar-refractivity contribution < 1.29 is 9.72 Å². The molecule has 0 radical (unpaired) electrons. The summed E-state index contributed by atoms with van der Waals surface area (Å²) in [6.45, 7) is 0.629. The second-order valence-corrected chi connectivity index (χ2v) is 5.25. The molecule has 7 nitrogen and oxygen atoms in total. The lowest BCUT2D eigenvalue weighted by Gasteiger charge is -2.27. The second kappa shape index (κ2) is 5.52. The third-order valence-corrected chi connectivity index (χ3v) is 3.41. The summed E-state index contributed by atoms with van der Waals surface area (Å²) < 4.78 is 1.62. The van der Waals surface area contributed by atoms with E-state index in [1.807, 2.05) is 0 Å². The van der Waals surface area contributed by atoms with E-state index in [0.717, 1.165) is 18.9 Å². The maximum absolute atomic E-state index is 11.9. The molecule has 1 saturated heterocycles. The molecule has 0 N–H and O–H groups in total. The summed E-state index contributed by atoms with van der Waals surface area (Å²) >= 11 is 3.13. The van der Waals surface area contributed by atoms with E-state index < -0.39 is 16.2 Å². The molecule has 0 unspecified atom stereocenters. The average molecular weight is 330 g/mol. The lowest BCUT2D eigenvalue weighted by Crippen LogP contribution is -2.39. The topological polar surface area (TPSA) is 85.4 Å². The van der Waals surface area contributed by atoms with Gasteiger partial charge in [0, 0.05) is 29.7 Å². The van der Waals surface area contributed by atoms with Gasteiger partial charge in [0.1, 0.15) is 6.67 Å². The molecule has 1 fully saturated rings. The van der Waals surface area contributed by atoms with Gasteiger partial charge in [-0.3, -0.25) is 24.3 Å². The molecule has 8 heteroatoms. The molecule has 0 atom stereocenters. The van der Waals surface area contributed by atoms with Crippen LogP contribution in [-0.2, 0) is 11.5 Å². The van der Waals surface area contributed by atoms with Gasteiger partial charge in [0.15, 0.2) is 0 Å². The van der Waals surface area contributed by atoms with E-state index in [0.29, 0.717) is 17.4 Å². The number of hydrogen-bond donors (Lipinski definition) is 0. The lowest BCUT2D eigenvalue weighted by molar-refractivity contribution is -0.386. The fourth-order valence-electron chi connectivity index (χ4n) is 2.02. The molecule has 0 spiro atoms. The molecule has 19 heavy (non-hydrogen) atoms. The Balaban J connectivity index is 2.32. The van der Waals surface area contributed by atoms with Crippen LogP contribution in [0.1, 0.15) is 19.3 Å². The number of nitro groups is 1. The van der Waals surface area contributed by atoms with Crippen molar-refractivity contribution in [3.63, 3.8) is 0 Å². The number of hydrogen-bond acceptors (Lipinski definition) is 4. The van der Waals surface area contributed by atoms with Crippen LogP contribution in [0.3, 0.4) is 0 Å². The molecule has 2 rings (SSSR count). The highest BCUT2D eigenvalue weighted by Crippen LogP contribution is 2.16. The Bertz CT molecular complexity index is 584. The molecule has 1 aromatic heterocycles. The zero-order valence-electron chi connectivity index (χ0n) is 10.0. The van der Waals surface area contributed by atoms with Crippen LogP contribution in [0.5, 0.6) is 0 Å². The number of carbonyl (C=O) groups is 1. The second-order valence-electron chi connectivity index (χ2n) is 4.33. The number of amides is 1. The SMILES string of the molecule is O=C1CCCCN1Cn1cc(Br)cc([N+](=O)[O-])c1=O. The molecule has 102 valence electrons. The first-order valence-corrected chi connectivity index (χ1v) is 6.60. The number of aromatic nitrogens is 1. The summed E-state index contributed by atoms with van der Waals surface area (Å²) in [5.74, 6) is -0.0271. The largest absolute Gasteiger partial charge is 0.335 e. The zero-order valence-corrected chi connectivity index (χ0v) is 11.6. The molecule has 0 aliphatic carbocycles. The van der Waals surface area contributed by atoms with Crippen molar-refractivity contribution in [2.75, 3.05) is 6.54 Å². The Morgan fingerprint density at radius 1 is 1.37 bits per heavy atom. The number of nitrogens with zero attached hydrogens (tertiary/aromatic N) is 3. The van der Waals surface area contributed by atoms with Gasteiger partial charge >= 0.3 is 11.2 Å². The Morgan fingerprint density at radius 3 is 2.74 bits per heavy atom. The van der Waals surface area contributed by atoms with Crippen LogP contribution in [0.25, 0.3) is 0 Å². The van der Waals surface area contributed by atoms with Gasteiger partial charge in [0.25, 0.3) is 0 Å². The first kappa shape index (κ1) is 13.7. The van der Waals surface area contributed by atoms with E-state index in [9.17, 15) is 19.7 Å². The molecule has 1 aliphatic rings. The molecular weight excluding hydrogens is 318 g/mol. The quantitative estimate of drug-likeness (QED) is 0.621. The number of pyridine rings is 1. The van der Waals surface area contributed by atoms with Gasteiger partial charge in [0.05, 0.1) is 4.92 Å². The van der Waals surface area contributed by atoms with Crippen molar-refractivity contribution in [3.8, 4) is 0 Å². The predicted molar refractivity (Wildman–Crippen MR) is 70.6 cm³/mol. The maximum Gasteiger partial charge on any atom is 0.335 e. The van der Waals surface area contributed by atoms with Crippen molar-refractivity contribution in [3.05, 3.63) is 37.2 Å². The first-order valence-electron chi connectivity index (χ1n) is 5.81. The third-order valence-electron chi connectivity index (χ3n) is 2.97. The van der Waals surface area contributed by atoms with Crippen molar-refractivity contribution in [1.29, 1.82) is 0 Å². The van der Waals surface area contributed by atoms with Crippen LogP contribution in [0, 0.1) is 10.1 Å². The standard InChI is InChI=1S/C11H12BrN3O4/c12-8-5-9(15(18)19)11(17)14(6-8)7-13-4-2-1-3-10(13)16/h5-6H,1-4,7H2. The van der Waals surface area contributed by atoms with E-state index in [1.165, 1.54) is 10.8 Å². The molecule has 1 amide bonds. The van der Waals surface area contributed by atoms with Crippen LogP contribution in [-0.4, -0.2) is 26.8 Å². The van der Waals surface area contributed by atoms with Crippen LogP contribution < -0.4 is 5.56 Å². The number of carbonyl (C=O) groups excluding carboxylic acids is 1. The lowest BCUT2D eigenvalue weighted by atomic mass is 10.1. The van der Waals surface area contributed by atoms with Crippen LogP contribution in [0.15, 0.2) is 21.5 Å². The minimum absolute atomic E-state index is 0.0271. The smallest absolute Gasteiger partial charge is 0.324 e. The Labute approximate surface area is 117 Å². The monoisotopic (exact) mass is 329 g/mol. The molecular formula is C11H12BrN3O4. The Morgan fingerprint density at radius 2 is 2.11 bits per heavy atom. The van der Waals surface area contributed by atoms with Gasteiger partial charge in [0.2, 0.25) is 5.91 Å². The summed E-state index contributed by atoms with van der Waals surface area (Å²) in [5.41, 5.74) is -1.20. The molecule has 2 heterocycles. The van der Waals surface area contributed by atoms with E-state index in [2.05, 4.69) is 15.9 Å². The average Bonchev–Trinajstić information content (AvgIpc) is 2.35. The van der Waals surface area contributed by atoms with Gasteiger partial charge in [-0.1, -0.05) is 0 Å². The fourth-order valence-corrected chi connectivity index (χ4v) is 2.48. The Hall–Kier alpha value is -1.70. The van der Waals surface area contributed by atoms with Crippen molar-refractivity contribution in [1.82, 2.24) is 9.47 Å². The van der Waals surface area contributed by atoms with Gasteiger partial charge in [-0.25, -0.2) is 0 Å². The predicted octanol–water partition coefficient (Wildman–Crippen LogP) is 1.49. The molecule has 0 aromatic carbocycles. The van der Waals surface area contributed by atoms with Gasteiger partial charge in [-0.2, -0.15) is 0 Å². The normalized spacial score (nSPS) is 15.6. The summed E-state index contributed by atoms with van der Waals surface area (Å²) in [7, 11) is 0. The first-order chi connectivity index (χ1) is 8.99. The zero-order chi connectivity index (χ0) is 14.0. The highest BCUT2D eigenvalue weighted by atomic mass is 79.9.